The average Bonchev–Trinajstić information content (AvgIpc) is 2.65. The van der Waals surface area contributed by atoms with Gasteiger partial charge in [-0.1, -0.05) is 42.5 Å². The highest BCUT2D eigenvalue weighted by molar-refractivity contribution is 5.38. The molecule has 2 aromatic carbocycles. The summed E-state index contributed by atoms with van der Waals surface area (Å²) < 4.78 is 5.83. The molecule has 0 saturated carbocycles. The molecule has 4 nitrogen and oxygen atoms in total. The Morgan fingerprint density at radius 3 is 2.21 bits per heavy atom. The Kier molecular flexibility index (Phi) is 10.9. The molecule has 1 fully saturated rings. The van der Waals surface area contributed by atoms with Crippen molar-refractivity contribution in [1.29, 1.82) is 0 Å². The van der Waals surface area contributed by atoms with E-state index in [2.05, 4.69) is 60.0 Å². The third-order valence-corrected chi connectivity index (χ3v) is 5.17. The highest BCUT2D eigenvalue weighted by atomic mass is 35.5. The molecule has 28 heavy (non-hydrogen) atoms. The van der Waals surface area contributed by atoms with Crippen LogP contribution < -0.4 is 29.6 Å². The van der Waals surface area contributed by atoms with Crippen molar-refractivity contribution < 1.29 is 34.7 Å². The molecule has 1 N–H and O–H groups in total. The number of aliphatic hydroxyl groups excluding tert-OH is 1. The van der Waals surface area contributed by atoms with Gasteiger partial charge in [-0.05, 0) is 36.6 Å². The van der Waals surface area contributed by atoms with E-state index in [1.54, 1.807) is 0 Å². The van der Waals surface area contributed by atoms with E-state index in [4.69, 9.17) is 4.74 Å². The fourth-order valence-corrected chi connectivity index (χ4v) is 3.39. The summed E-state index contributed by atoms with van der Waals surface area (Å²) in [5.74, 6) is 0.872. The molecule has 0 bridgehead atoms. The Bertz CT molecular complexity index is 692. The smallest absolute Gasteiger partial charge is 0.122 e. The lowest BCUT2D eigenvalue weighted by atomic mass is 10.1. The van der Waals surface area contributed by atoms with Gasteiger partial charge in [0.05, 0.1) is 0 Å². The van der Waals surface area contributed by atoms with Crippen molar-refractivity contribution in [3.8, 4) is 5.75 Å². The van der Waals surface area contributed by atoms with E-state index in [0.29, 0.717) is 13.2 Å². The molecule has 2 aromatic rings. The second kappa shape index (κ2) is 12.3. The van der Waals surface area contributed by atoms with Crippen LogP contribution in [0.25, 0.3) is 0 Å². The maximum Gasteiger partial charge on any atom is 0.122 e. The molecule has 0 aromatic heterocycles. The third kappa shape index (κ3) is 7.26. The number of aryl methyl sites for hydroxylation is 1. The van der Waals surface area contributed by atoms with Crippen LogP contribution in [0.3, 0.4) is 0 Å². The first-order chi connectivity index (χ1) is 12.6. The first-order valence-electron chi connectivity index (χ1n) is 9.47. The molecule has 1 heterocycles. The molecule has 0 amide bonds. The van der Waals surface area contributed by atoms with Crippen molar-refractivity contribution in [3.63, 3.8) is 0 Å². The van der Waals surface area contributed by atoms with E-state index < -0.39 is 6.10 Å². The maximum absolute atomic E-state index is 10.3. The van der Waals surface area contributed by atoms with Crippen molar-refractivity contribution in [2.75, 3.05) is 39.3 Å². The number of aliphatic hydroxyl groups is 1. The lowest BCUT2D eigenvalue weighted by molar-refractivity contribution is -0.001000. The number of rotatable bonds is 7. The van der Waals surface area contributed by atoms with Gasteiger partial charge in [0.15, 0.2) is 0 Å². The number of halogens is 2. The van der Waals surface area contributed by atoms with Gasteiger partial charge < -0.3 is 34.7 Å². The van der Waals surface area contributed by atoms with E-state index in [1.165, 1.54) is 11.1 Å². The number of benzene rings is 2. The summed E-state index contributed by atoms with van der Waals surface area (Å²) in [5, 5.41) is 10.3. The fourth-order valence-electron chi connectivity index (χ4n) is 3.39. The topological polar surface area (TPSA) is 35.9 Å². The molecular weight excluding hydrogens is 395 g/mol. The van der Waals surface area contributed by atoms with E-state index in [1.807, 2.05) is 12.1 Å². The standard InChI is InChI=1S/C22H30N2O2.2ClH/c1-18-7-6-10-22(19(18)2)26-17-21(25)16-24-13-11-23(12-14-24)15-20-8-4-3-5-9-20;;/h3-10,21,25H,11-17H2,1-2H3;2*1H/p-2. The molecular formula is C22H30Cl2N2O2-2. The Morgan fingerprint density at radius 2 is 1.54 bits per heavy atom. The monoisotopic (exact) mass is 424 g/mol. The molecule has 1 aliphatic heterocycles. The van der Waals surface area contributed by atoms with Gasteiger partial charge in [-0.15, -0.1) is 0 Å². The summed E-state index contributed by atoms with van der Waals surface area (Å²) in [6, 6.07) is 16.7. The molecule has 3 rings (SSSR count). The minimum Gasteiger partial charge on any atom is -1.00 e. The molecule has 0 spiro atoms. The van der Waals surface area contributed by atoms with Crippen LogP contribution in [0.4, 0.5) is 0 Å². The molecule has 6 heteroatoms. The highest BCUT2D eigenvalue weighted by Gasteiger charge is 2.19. The lowest BCUT2D eigenvalue weighted by Gasteiger charge is -2.35. The number of hydrogen-bond donors (Lipinski definition) is 1. The van der Waals surface area contributed by atoms with E-state index in [0.717, 1.165) is 44.0 Å². The van der Waals surface area contributed by atoms with Gasteiger partial charge in [0, 0.05) is 39.3 Å². The summed E-state index contributed by atoms with van der Waals surface area (Å²) in [5.41, 5.74) is 3.73. The quantitative estimate of drug-likeness (QED) is 0.509. The molecule has 1 aliphatic rings. The van der Waals surface area contributed by atoms with Gasteiger partial charge in [0.25, 0.3) is 0 Å². The molecule has 0 radical (unpaired) electrons. The molecule has 1 atom stereocenters. The van der Waals surface area contributed by atoms with E-state index in [9.17, 15) is 5.11 Å². The van der Waals surface area contributed by atoms with Gasteiger partial charge >= 0.3 is 0 Å². The van der Waals surface area contributed by atoms with E-state index >= 15 is 0 Å². The first kappa shape index (κ1) is 24.7. The first-order valence-corrected chi connectivity index (χ1v) is 9.47. The largest absolute Gasteiger partial charge is 1.00 e. The summed E-state index contributed by atoms with van der Waals surface area (Å²) in [7, 11) is 0. The van der Waals surface area contributed by atoms with Crippen LogP contribution in [0, 0.1) is 13.8 Å². The van der Waals surface area contributed by atoms with Crippen molar-refractivity contribution in [2.45, 2.75) is 26.5 Å². The number of β-amino-alcohol motifs (C(OH)–C–C–N with tert-alkyl or cyclic N) is 1. The number of nitrogens with zero attached hydrogens (tertiary/aromatic N) is 2. The van der Waals surface area contributed by atoms with Crippen LogP contribution >= 0.6 is 0 Å². The van der Waals surface area contributed by atoms with Crippen LogP contribution in [0.5, 0.6) is 5.75 Å². The Hall–Kier alpha value is -1.30. The zero-order valence-corrected chi connectivity index (χ0v) is 18.2. The zero-order valence-electron chi connectivity index (χ0n) is 16.7. The SMILES string of the molecule is Cc1cccc(OCC(O)CN2CCN(Cc3ccccc3)CC2)c1C.[Cl-].[Cl-]. The van der Waals surface area contributed by atoms with Crippen LogP contribution in [-0.2, 0) is 6.54 Å². The van der Waals surface area contributed by atoms with Gasteiger partial charge in [-0.2, -0.15) is 0 Å². The number of ether oxygens (including phenoxy) is 1. The number of piperazine rings is 1. The van der Waals surface area contributed by atoms with Crippen molar-refractivity contribution >= 4 is 0 Å². The van der Waals surface area contributed by atoms with Crippen LogP contribution in [0.1, 0.15) is 16.7 Å². The molecule has 1 unspecified atom stereocenters. The Morgan fingerprint density at radius 1 is 0.893 bits per heavy atom. The molecule has 0 aliphatic carbocycles. The second-order valence-electron chi connectivity index (χ2n) is 7.23. The van der Waals surface area contributed by atoms with Gasteiger partial charge in [-0.25, -0.2) is 0 Å². The van der Waals surface area contributed by atoms with Crippen molar-refractivity contribution in [2.24, 2.45) is 0 Å². The summed E-state index contributed by atoms with van der Waals surface area (Å²) in [6.07, 6.45) is -0.462. The maximum atomic E-state index is 10.3. The Balaban J connectivity index is 0.00000196. The number of hydrogen-bond acceptors (Lipinski definition) is 4. The highest BCUT2D eigenvalue weighted by Crippen LogP contribution is 2.20. The normalized spacial score (nSPS) is 16.0. The summed E-state index contributed by atoms with van der Waals surface area (Å²) in [6.45, 7) is 10.2. The second-order valence-corrected chi connectivity index (χ2v) is 7.23. The fraction of sp³-hybridized carbons (Fsp3) is 0.455. The molecule has 1 saturated heterocycles. The zero-order chi connectivity index (χ0) is 18.4. The van der Waals surface area contributed by atoms with Gasteiger partial charge in [0.2, 0.25) is 0 Å². The van der Waals surface area contributed by atoms with Crippen LogP contribution in [0.15, 0.2) is 48.5 Å². The Labute approximate surface area is 181 Å². The minimum atomic E-state index is -0.462. The van der Waals surface area contributed by atoms with Gasteiger partial charge in [0.1, 0.15) is 18.5 Å². The average molecular weight is 425 g/mol. The van der Waals surface area contributed by atoms with E-state index in [-0.39, 0.29) is 24.8 Å². The van der Waals surface area contributed by atoms with Crippen molar-refractivity contribution in [1.82, 2.24) is 9.80 Å². The molecule has 156 valence electrons. The predicted octanol–water partition coefficient (Wildman–Crippen LogP) is -3.13. The van der Waals surface area contributed by atoms with Gasteiger partial charge in [-0.3, -0.25) is 9.80 Å². The summed E-state index contributed by atoms with van der Waals surface area (Å²) in [4.78, 5) is 4.81. The predicted molar refractivity (Wildman–Crippen MR) is 106 cm³/mol. The lowest BCUT2D eigenvalue weighted by Crippen LogP contribution is -3.00. The van der Waals surface area contributed by atoms with Crippen LogP contribution in [-0.4, -0.2) is 60.3 Å². The van der Waals surface area contributed by atoms with Crippen molar-refractivity contribution in [3.05, 3.63) is 65.2 Å². The summed E-state index contributed by atoms with van der Waals surface area (Å²) >= 11 is 0. The third-order valence-electron chi connectivity index (χ3n) is 5.17. The van der Waals surface area contributed by atoms with Crippen LogP contribution in [0.2, 0.25) is 0 Å². The minimum absolute atomic E-state index is 0.